The van der Waals surface area contributed by atoms with Crippen LogP contribution in [0.25, 0.3) is 5.69 Å². The van der Waals surface area contributed by atoms with Crippen LogP contribution in [0, 0.1) is 6.92 Å². The predicted molar refractivity (Wildman–Crippen MR) is 95.3 cm³/mol. The summed E-state index contributed by atoms with van der Waals surface area (Å²) in [6.45, 7) is 1.75. The monoisotopic (exact) mass is 355 g/mol. The van der Waals surface area contributed by atoms with Crippen molar-refractivity contribution in [3.8, 4) is 5.69 Å². The number of hydrogen-bond acceptors (Lipinski definition) is 5. The number of carbonyl (C=O) groups is 1. The Bertz CT molecular complexity index is 967. The zero-order valence-electron chi connectivity index (χ0n) is 13.2. The molecule has 2 aromatic carbocycles. The molecule has 126 valence electrons. The third-order valence-corrected chi connectivity index (χ3v) is 3.75. The largest absolute Gasteiger partial charge is 0.478 e. The Morgan fingerprint density at radius 1 is 1.20 bits per heavy atom. The van der Waals surface area contributed by atoms with E-state index in [0.717, 1.165) is 5.69 Å². The highest BCUT2D eigenvalue weighted by molar-refractivity contribution is 6.31. The fourth-order valence-electron chi connectivity index (χ4n) is 2.30. The maximum atomic E-state index is 11.3. The molecule has 1 heterocycles. The molecule has 0 amide bonds. The normalized spacial score (nSPS) is 11.1. The molecular formula is C17H14ClN5O2. The van der Waals surface area contributed by atoms with E-state index in [4.69, 9.17) is 17.3 Å². The van der Waals surface area contributed by atoms with Gasteiger partial charge in [0.05, 0.1) is 16.9 Å². The number of carboxylic acids is 1. The van der Waals surface area contributed by atoms with Crippen LogP contribution in [0.15, 0.2) is 58.8 Å². The number of hydrogen-bond donors (Lipinski definition) is 2. The Labute approximate surface area is 148 Å². The molecule has 0 aliphatic heterocycles. The van der Waals surface area contributed by atoms with Crippen LogP contribution in [-0.2, 0) is 0 Å². The number of carboxylic acid groups (broad SMARTS) is 1. The van der Waals surface area contributed by atoms with Crippen molar-refractivity contribution in [1.82, 2.24) is 9.78 Å². The van der Waals surface area contributed by atoms with Crippen molar-refractivity contribution >= 4 is 34.8 Å². The number of nitrogens with zero attached hydrogens (tertiary/aromatic N) is 4. The molecule has 0 atom stereocenters. The predicted octanol–water partition coefficient (Wildman–Crippen LogP) is 4.53. The molecule has 0 bridgehead atoms. The molecule has 8 heteroatoms. The molecule has 0 spiro atoms. The van der Waals surface area contributed by atoms with Crippen molar-refractivity contribution in [3.63, 3.8) is 0 Å². The lowest BCUT2D eigenvalue weighted by molar-refractivity contribution is 0.0697. The molecule has 3 aromatic rings. The van der Waals surface area contributed by atoms with E-state index in [1.165, 1.54) is 12.1 Å². The van der Waals surface area contributed by atoms with Gasteiger partial charge >= 0.3 is 5.97 Å². The van der Waals surface area contributed by atoms with E-state index in [9.17, 15) is 9.90 Å². The second-order valence-corrected chi connectivity index (χ2v) is 5.67. The van der Waals surface area contributed by atoms with Gasteiger partial charge in [0.2, 0.25) is 0 Å². The molecule has 25 heavy (non-hydrogen) atoms. The van der Waals surface area contributed by atoms with E-state index in [-0.39, 0.29) is 11.3 Å². The SMILES string of the molecule is Cc1nn(-c2ccccc2)c(N)c1N=Nc1ccc(Cl)cc1C(=O)O. The second-order valence-electron chi connectivity index (χ2n) is 5.23. The molecule has 0 saturated heterocycles. The first-order valence-corrected chi connectivity index (χ1v) is 7.70. The lowest BCUT2D eigenvalue weighted by Crippen LogP contribution is -2.01. The molecule has 1 aromatic heterocycles. The van der Waals surface area contributed by atoms with Crippen LogP contribution in [0.1, 0.15) is 16.1 Å². The lowest BCUT2D eigenvalue weighted by Gasteiger charge is -2.03. The fraction of sp³-hybridized carbons (Fsp3) is 0.0588. The van der Waals surface area contributed by atoms with Crippen LogP contribution < -0.4 is 5.73 Å². The van der Waals surface area contributed by atoms with Gasteiger partial charge in [0.15, 0.2) is 11.5 Å². The van der Waals surface area contributed by atoms with Gasteiger partial charge in [0.25, 0.3) is 0 Å². The van der Waals surface area contributed by atoms with Crippen molar-refractivity contribution in [1.29, 1.82) is 0 Å². The molecular weight excluding hydrogens is 342 g/mol. The summed E-state index contributed by atoms with van der Waals surface area (Å²) >= 11 is 5.83. The first-order valence-electron chi connectivity index (χ1n) is 7.32. The molecule has 0 fully saturated rings. The van der Waals surface area contributed by atoms with Crippen LogP contribution in [0.5, 0.6) is 0 Å². The number of aromatic carboxylic acids is 1. The number of aromatic nitrogens is 2. The number of anilines is 1. The van der Waals surface area contributed by atoms with Crippen LogP contribution in [0.2, 0.25) is 5.02 Å². The van der Waals surface area contributed by atoms with E-state index < -0.39 is 5.97 Å². The highest BCUT2D eigenvalue weighted by Gasteiger charge is 2.15. The third-order valence-electron chi connectivity index (χ3n) is 3.51. The Morgan fingerprint density at radius 3 is 2.60 bits per heavy atom. The highest BCUT2D eigenvalue weighted by atomic mass is 35.5. The molecule has 0 radical (unpaired) electrons. The smallest absolute Gasteiger partial charge is 0.338 e. The van der Waals surface area contributed by atoms with Crippen molar-refractivity contribution in [2.75, 3.05) is 5.73 Å². The van der Waals surface area contributed by atoms with Crippen LogP contribution in [-0.4, -0.2) is 20.9 Å². The van der Waals surface area contributed by atoms with Gasteiger partial charge in [-0.3, -0.25) is 0 Å². The number of nitrogens with two attached hydrogens (primary N) is 1. The summed E-state index contributed by atoms with van der Waals surface area (Å²) in [7, 11) is 0. The molecule has 0 saturated carbocycles. The molecule has 3 rings (SSSR count). The maximum Gasteiger partial charge on any atom is 0.338 e. The summed E-state index contributed by atoms with van der Waals surface area (Å²) in [5.41, 5.74) is 8.03. The van der Waals surface area contributed by atoms with Gasteiger partial charge in [-0.25, -0.2) is 9.48 Å². The Hall–Kier alpha value is -3.19. The molecule has 0 unspecified atom stereocenters. The Morgan fingerprint density at radius 2 is 1.92 bits per heavy atom. The van der Waals surface area contributed by atoms with Gasteiger partial charge in [0.1, 0.15) is 5.69 Å². The summed E-state index contributed by atoms with van der Waals surface area (Å²) in [5, 5.41) is 22.0. The van der Waals surface area contributed by atoms with E-state index in [1.807, 2.05) is 30.3 Å². The average Bonchev–Trinajstić information content (AvgIpc) is 2.89. The van der Waals surface area contributed by atoms with E-state index in [1.54, 1.807) is 17.7 Å². The first-order chi connectivity index (χ1) is 12.0. The van der Waals surface area contributed by atoms with Gasteiger partial charge < -0.3 is 10.8 Å². The van der Waals surface area contributed by atoms with Crippen molar-refractivity contribution in [3.05, 3.63) is 64.8 Å². The van der Waals surface area contributed by atoms with Gasteiger partial charge in [-0.15, -0.1) is 10.2 Å². The second kappa shape index (κ2) is 6.74. The number of nitrogen functional groups attached to an aromatic ring is 1. The number of aryl methyl sites for hydroxylation is 1. The zero-order valence-corrected chi connectivity index (χ0v) is 14.0. The zero-order chi connectivity index (χ0) is 18.0. The van der Waals surface area contributed by atoms with Gasteiger partial charge in [-0.1, -0.05) is 29.8 Å². The minimum Gasteiger partial charge on any atom is -0.478 e. The molecule has 0 aliphatic carbocycles. The molecule has 3 N–H and O–H groups in total. The summed E-state index contributed by atoms with van der Waals surface area (Å²) < 4.78 is 1.56. The Balaban J connectivity index is 2.01. The Kier molecular flexibility index (Phi) is 4.49. The van der Waals surface area contributed by atoms with Gasteiger partial charge in [-0.05, 0) is 37.3 Å². The molecule has 0 aliphatic rings. The quantitative estimate of drug-likeness (QED) is 0.670. The molecule has 7 nitrogen and oxygen atoms in total. The number of rotatable bonds is 4. The van der Waals surface area contributed by atoms with Gasteiger partial charge in [0, 0.05) is 5.02 Å². The average molecular weight is 356 g/mol. The van der Waals surface area contributed by atoms with E-state index in [0.29, 0.717) is 22.2 Å². The van der Waals surface area contributed by atoms with E-state index in [2.05, 4.69) is 15.3 Å². The maximum absolute atomic E-state index is 11.3. The topological polar surface area (TPSA) is 106 Å². The van der Waals surface area contributed by atoms with Crippen molar-refractivity contribution in [2.24, 2.45) is 10.2 Å². The third kappa shape index (κ3) is 3.36. The van der Waals surface area contributed by atoms with E-state index >= 15 is 0 Å². The lowest BCUT2D eigenvalue weighted by atomic mass is 10.2. The summed E-state index contributed by atoms with van der Waals surface area (Å²) in [4.78, 5) is 11.3. The summed E-state index contributed by atoms with van der Waals surface area (Å²) in [5.74, 6) is -0.820. The van der Waals surface area contributed by atoms with Crippen molar-refractivity contribution in [2.45, 2.75) is 6.92 Å². The minimum absolute atomic E-state index is 0.0390. The van der Waals surface area contributed by atoms with Crippen LogP contribution >= 0.6 is 11.6 Å². The number of para-hydroxylation sites is 1. The number of benzene rings is 2. The van der Waals surface area contributed by atoms with Crippen LogP contribution in [0.4, 0.5) is 17.2 Å². The van der Waals surface area contributed by atoms with Crippen molar-refractivity contribution < 1.29 is 9.90 Å². The minimum atomic E-state index is -1.14. The van der Waals surface area contributed by atoms with Crippen LogP contribution in [0.3, 0.4) is 0 Å². The summed E-state index contributed by atoms with van der Waals surface area (Å²) in [6, 6.07) is 13.7. The van der Waals surface area contributed by atoms with Gasteiger partial charge in [-0.2, -0.15) is 5.10 Å². The number of azo groups is 1. The standard InChI is InChI=1S/C17H14ClN5O2/c1-10-15(16(19)23(22-10)12-5-3-2-4-6-12)21-20-14-8-7-11(18)9-13(14)17(24)25/h2-9H,19H2,1H3,(H,24,25). The fourth-order valence-corrected chi connectivity index (χ4v) is 2.47. The summed E-state index contributed by atoms with van der Waals surface area (Å²) in [6.07, 6.45) is 0. The highest BCUT2D eigenvalue weighted by Crippen LogP contribution is 2.31. The number of halogens is 1. The first kappa shape index (κ1) is 16.7.